The highest BCUT2D eigenvalue weighted by Gasteiger charge is 2.11. The number of carbonyl (C=O) groups excluding carboxylic acids is 1. The molecule has 2 rings (SSSR count). The number of hydrogen-bond donors (Lipinski definition) is 1. The number of thiazole rings is 1. The first-order valence-corrected chi connectivity index (χ1v) is 8.04. The fourth-order valence-electron chi connectivity index (χ4n) is 1.66. The number of nitrogens with one attached hydrogen (secondary N) is 1. The van der Waals surface area contributed by atoms with Gasteiger partial charge in [-0.25, -0.2) is 4.98 Å². The highest BCUT2D eigenvalue weighted by Crippen LogP contribution is 2.25. The molecular formula is C14H16N2OS2. The average Bonchev–Trinajstić information content (AvgIpc) is 2.78. The van der Waals surface area contributed by atoms with Crippen molar-refractivity contribution < 1.29 is 4.79 Å². The van der Waals surface area contributed by atoms with Gasteiger partial charge in [-0.05, 0) is 18.7 Å². The maximum absolute atomic E-state index is 11.9. The number of amides is 1. The number of hydrogen-bond acceptors (Lipinski definition) is 4. The number of benzene rings is 1. The molecule has 1 heterocycles. The minimum absolute atomic E-state index is 0.0447. The van der Waals surface area contributed by atoms with Crippen molar-refractivity contribution in [2.24, 2.45) is 0 Å². The van der Waals surface area contributed by atoms with E-state index in [2.05, 4.69) is 10.3 Å². The van der Waals surface area contributed by atoms with Gasteiger partial charge in [0.1, 0.15) is 4.34 Å². The average molecular weight is 292 g/mol. The Morgan fingerprint density at radius 1 is 1.37 bits per heavy atom. The third kappa shape index (κ3) is 4.08. The summed E-state index contributed by atoms with van der Waals surface area (Å²) in [5, 5.41) is 2.94. The Balaban J connectivity index is 1.89. The summed E-state index contributed by atoms with van der Waals surface area (Å²) in [6, 6.07) is 9.92. The summed E-state index contributed by atoms with van der Waals surface area (Å²) in [4.78, 5) is 17.3. The minimum atomic E-state index is 0.0447. The summed E-state index contributed by atoms with van der Waals surface area (Å²) in [6.45, 7) is 2.53. The Morgan fingerprint density at radius 3 is 2.74 bits per heavy atom. The first-order valence-electron chi connectivity index (χ1n) is 6.00. The van der Waals surface area contributed by atoms with Crippen LogP contribution in [0.3, 0.4) is 0 Å². The number of aryl methyl sites for hydroxylation is 1. The van der Waals surface area contributed by atoms with Gasteiger partial charge in [0.25, 0.3) is 0 Å². The van der Waals surface area contributed by atoms with E-state index in [1.807, 2.05) is 43.5 Å². The highest BCUT2D eigenvalue weighted by atomic mass is 32.2. The molecule has 0 radical (unpaired) electrons. The Hall–Kier alpha value is -1.33. The van der Waals surface area contributed by atoms with E-state index in [9.17, 15) is 4.79 Å². The summed E-state index contributed by atoms with van der Waals surface area (Å²) < 4.78 is 1.02. The number of nitrogens with zero attached hydrogens (tertiary/aromatic N) is 1. The van der Waals surface area contributed by atoms with Crippen LogP contribution in [-0.2, 0) is 17.8 Å². The van der Waals surface area contributed by atoms with Gasteiger partial charge in [-0.3, -0.25) is 4.79 Å². The third-order valence-electron chi connectivity index (χ3n) is 2.70. The largest absolute Gasteiger partial charge is 0.352 e. The Bertz CT molecular complexity index is 552. The second-order valence-corrected chi connectivity index (χ2v) is 6.27. The molecular weight excluding hydrogens is 276 g/mol. The predicted octanol–water partition coefficient (Wildman–Crippen LogP) is 3.03. The van der Waals surface area contributed by atoms with Crippen LogP contribution in [0, 0.1) is 6.92 Å². The number of rotatable bonds is 5. The van der Waals surface area contributed by atoms with Gasteiger partial charge in [-0.2, -0.15) is 0 Å². The molecule has 1 amide bonds. The monoisotopic (exact) mass is 292 g/mol. The standard InChI is InChI=1S/C14H16N2OS2/c1-10-12(19-14(16-10)18-2)8-13(17)15-9-11-6-4-3-5-7-11/h3-7H,8-9H2,1-2H3,(H,15,17). The van der Waals surface area contributed by atoms with E-state index >= 15 is 0 Å². The van der Waals surface area contributed by atoms with Crippen molar-refractivity contribution in [1.82, 2.24) is 10.3 Å². The van der Waals surface area contributed by atoms with E-state index in [1.54, 1.807) is 23.1 Å². The third-order valence-corrected chi connectivity index (χ3v) is 4.84. The zero-order valence-electron chi connectivity index (χ0n) is 11.0. The second kappa shape index (κ2) is 6.73. The van der Waals surface area contributed by atoms with Crippen LogP contribution in [0.1, 0.15) is 16.1 Å². The van der Waals surface area contributed by atoms with E-state index < -0.39 is 0 Å². The summed E-state index contributed by atoms with van der Waals surface area (Å²) >= 11 is 3.22. The van der Waals surface area contributed by atoms with Crippen LogP contribution < -0.4 is 5.32 Å². The second-order valence-electron chi connectivity index (χ2n) is 4.13. The van der Waals surface area contributed by atoms with Crippen molar-refractivity contribution in [3.8, 4) is 0 Å². The van der Waals surface area contributed by atoms with E-state index in [-0.39, 0.29) is 5.91 Å². The molecule has 0 spiro atoms. The van der Waals surface area contributed by atoms with E-state index in [0.29, 0.717) is 13.0 Å². The fraction of sp³-hybridized carbons (Fsp3) is 0.286. The van der Waals surface area contributed by atoms with Crippen molar-refractivity contribution in [2.45, 2.75) is 24.2 Å². The molecule has 0 saturated carbocycles. The lowest BCUT2D eigenvalue weighted by Gasteiger charge is -2.04. The predicted molar refractivity (Wildman–Crippen MR) is 80.6 cm³/mol. The van der Waals surface area contributed by atoms with Gasteiger partial charge in [0.05, 0.1) is 12.1 Å². The zero-order chi connectivity index (χ0) is 13.7. The smallest absolute Gasteiger partial charge is 0.225 e. The molecule has 0 atom stereocenters. The number of carbonyl (C=O) groups is 1. The molecule has 1 N–H and O–H groups in total. The summed E-state index contributed by atoms with van der Waals surface area (Å²) in [5.74, 6) is 0.0447. The summed E-state index contributed by atoms with van der Waals surface area (Å²) in [6.07, 6.45) is 2.41. The molecule has 100 valence electrons. The van der Waals surface area contributed by atoms with Gasteiger partial charge in [-0.1, -0.05) is 42.1 Å². The molecule has 1 aromatic heterocycles. The molecule has 0 aliphatic carbocycles. The van der Waals surface area contributed by atoms with Crippen molar-refractivity contribution in [3.05, 3.63) is 46.5 Å². The minimum Gasteiger partial charge on any atom is -0.352 e. The quantitative estimate of drug-likeness (QED) is 0.861. The first kappa shape index (κ1) is 14.1. The zero-order valence-corrected chi connectivity index (χ0v) is 12.6. The van der Waals surface area contributed by atoms with E-state index in [0.717, 1.165) is 20.5 Å². The van der Waals surface area contributed by atoms with Crippen LogP contribution in [0.15, 0.2) is 34.7 Å². The van der Waals surface area contributed by atoms with Crippen LogP contribution in [0.2, 0.25) is 0 Å². The van der Waals surface area contributed by atoms with Crippen LogP contribution in [0.5, 0.6) is 0 Å². The molecule has 0 aliphatic heterocycles. The molecule has 3 nitrogen and oxygen atoms in total. The topological polar surface area (TPSA) is 42.0 Å². The first-order chi connectivity index (χ1) is 9.19. The van der Waals surface area contributed by atoms with Crippen molar-refractivity contribution in [3.63, 3.8) is 0 Å². The lowest BCUT2D eigenvalue weighted by atomic mass is 10.2. The molecule has 5 heteroatoms. The Kier molecular flexibility index (Phi) is 4.99. The van der Waals surface area contributed by atoms with Crippen LogP contribution in [0.25, 0.3) is 0 Å². The molecule has 0 bridgehead atoms. The molecule has 0 fully saturated rings. The molecule has 0 unspecified atom stereocenters. The van der Waals surface area contributed by atoms with Gasteiger partial charge in [0.2, 0.25) is 5.91 Å². The van der Waals surface area contributed by atoms with Crippen LogP contribution >= 0.6 is 23.1 Å². The maximum atomic E-state index is 11.9. The number of aromatic nitrogens is 1. The highest BCUT2D eigenvalue weighted by molar-refractivity contribution is 8.00. The molecule has 0 aliphatic rings. The van der Waals surface area contributed by atoms with Crippen molar-refractivity contribution in [1.29, 1.82) is 0 Å². The van der Waals surface area contributed by atoms with Crippen molar-refractivity contribution >= 4 is 29.0 Å². The Labute approximate surface area is 121 Å². The van der Waals surface area contributed by atoms with Gasteiger partial charge < -0.3 is 5.32 Å². The van der Waals surface area contributed by atoms with Crippen molar-refractivity contribution in [2.75, 3.05) is 6.26 Å². The lowest BCUT2D eigenvalue weighted by molar-refractivity contribution is -0.120. The van der Waals surface area contributed by atoms with Gasteiger partial charge in [0.15, 0.2) is 0 Å². The fourth-order valence-corrected chi connectivity index (χ4v) is 3.31. The van der Waals surface area contributed by atoms with Gasteiger partial charge >= 0.3 is 0 Å². The van der Waals surface area contributed by atoms with E-state index in [4.69, 9.17) is 0 Å². The molecule has 1 aromatic carbocycles. The van der Waals surface area contributed by atoms with E-state index in [1.165, 1.54) is 0 Å². The molecule has 0 saturated heterocycles. The lowest BCUT2D eigenvalue weighted by Crippen LogP contribution is -2.24. The number of thioether (sulfide) groups is 1. The van der Waals surface area contributed by atoms with Crippen LogP contribution in [0.4, 0.5) is 0 Å². The van der Waals surface area contributed by atoms with Gasteiger partial charge in [0, 0.05) is 11.4 Å². The van der Waals surface area contributed by atoms with Gasteiger partial charge in [-0.15, -0.1) is 11.3 Å². The van der Waals surface area contributed by atoms with Crippen LogP contribution in [-0.4, -0.2) is 17.1 Å². The maximum Gasteiger partial charge on any atom is 0.225 e. The molecule has 19 heavy (non-hydrogen) atoms. The SMILES string of the molecule is CSc1nc(C)c(CC(=O)NCc2ccccc2)s1. The normalized spacial score (nSPS) is 10.4. The summed E-state index contributed by atoms with van der Waals surface area (Å²) in [5.41, 5.74) is 2.07. The summed E-state index contributed by atoms with van der Waals surface area (Å²) in [7, 11) is 0. The Morgan fingerprint density at radius 2 is 2.11 bits per heavy atom. The molecule has 2 aromatic rings.